The molecule has 28 heavy (non-hydrogen) atoms. The van der Waals surface area contributed by atoms with Crippen molar-refractivity contribution < 1.29 is 4.79 Å². The van der Waals surface area contributed by atoms with Crippen molar-refractivity contribution >= 4 is 17.5 Å². The van der Waals surface area contributed by atoms with E-state index in [1.54, 1.807) is 12.4 Å². The highest BCUT2D eigenvalue weighted by atomic mass is 16.2. The number of benzene rings is 2. The molecule has 0 spiro atoms. The number of carbonyl (C=O) groups is 1. The van der Waals surface area contributed by atoms with Gasteiger partial charge < -0.3 is 9.80 Å². The van der Waals surface area contributed by atoms with Crippen LogP contribution in [-0.4, -0.2) is 33.4 Å². The van der Waals surface area contributed by atoms with Gasteiger partial charge in [-0.15, -0.1) is 0 Å². The summed E-state index contributed by atoms with van der Waals surface area (Å²) < 4.78 is 0. The SMILES string of the molecule is CC(C)N(Cc1ccccc1)C(=O)c1cnc(N2CCc3ccccc32)nc1. The molecule has 142 valence electrons. The van der Waals surface area contributed by atoms with Gasteiger partial charge in [-0.2, -0.15) is 0 Å². The molecule has 2 heterocycles. The second-order valence-electron chi connectivity index (χ2n) is 7.31. The molecule has 1 amide bonds. The van der Waals surface area contributed by atoms with E-state index in [1.807, 2.05) is 55.1 Å². The van der Waals surface area contributed by atoms with E-state index in [-0.39, 0.29) is 11.9 Å². The zero-order valence-electron chi connectivity index (χ0n) is 16.2. The van der Waals surface area contributed by atoms with Gasteiger partial charge in [-0.05, 0) is 37.5 Å². The summed E-state index contributed by atoms with van der Waals surface area (Å²) >= 11 is 0. The number of carbonyl (C=O) groups excluding carboxylic acids is 1. The summed E-state index contributed by atoms with van der Waals surface area (Å²) in [6.45, 7) is 5.48. The van der Waals surface area contributed by atoms with Crippen LogP contribution < -0.4 is 4.90 Å². The molecule has 4 rings (SSSR count). The van der Waals surface area contributed by atoms with Gasteiger partial charge in [-0.3, -0.25) is 4.79 Å². The minimum atomic E-state index is -0.0489. The largest absolute Gasteiger partial charge is 0.332 e. The predicted molar refractivity (Wildman–Crippen MR) is 111 cm³/mol. The Morgan fingerprint density at radius 3 is 2.43 bits per heavy atom. The molecule has 1 aliphatic heterocycles. The molecule has 1 aromatic heterocycles. The third-order valence-corrected chi connectivity index (χ3v) is 5.09. The zero-order valence-corrected chi connectivity index (χ0v) is 16.2. The highest BCUT2D eigenvalue weighted by Crippen LogP contribution is 2.32. The molecule has 5 nitrogen and oxygen atoms in total. The fourth-order valence-electron chi connectivity index (χ4n) is 3.55. The molecule has 1 aliphatic rings. The second kappa shape index (κ2) is 7.80. The summed E-state index contributed by atoms with van der Waals surface area (Å²) in [4.78, 5) is 26.0. The molecule has 0 aliphatic carbocycles. The Balaban J connectivity index is 1.53. The van der Waals surface area contributed by atoms with Gasteiger partial charge in [0.25, 0.3) is 5.91 Å². The first-order chi connectivity index (χ1) is 13.6. The van der Waals surface area contributed by atoms with Crippen LogP contribution in [0.2, 0.25) is 0 Å². The summed E-state index contributed by atoms with van der Waals surface area (Å²) in [6, 6.07) is 18.4. The fourth-order valence-corrected chi connectivity index (χ4v) is 3.55. The average Bonchev–Trinajstić information content (AvgIpc) is 3.16. The van der Waals surface area contributed by atoms with E-state index in [1.165, 1.54) is 5.56 Å². The van der Waals surface area contributed by atoms with Crippen molar-refractivity contribution in [2.24, 2.45) is 0 Å². The van der Waals surface area contributed by atoms with Crippen molar-refractivity contribution in [2.45, 2.75) is 32.9 Å². The lowest BCUT2D eigenvalue weighted by Crippen LogP contribution is -2.36. The van der Waals surface area contributed by atoms with Gasteiger partial charge in [0.1, 0.15) is 0 Å². The number of hydrogen-bond donors (Lipinski definition) is 0. The summed E-state index contributed by atoms with van der Waals surface area (Å²) in [7, 11) is 0. The normalized spacial score (nSPS) is 12.9. The van der Waals surface area contributed by atoms with E-state index >= 15 is 0 Å². The number of rotatable bonds is 5. The molecule has 5 heteroatoms. The van der Waals surface area contributed by atoms with Crippen LogP contribution in [0, 0.1) is 0 Å². The monoisotopic (exact) mass is 372 g/mol. The predicted octanol–water partition coefficient (Wildman–Crippen LogP) is 4.22. The Morgan fingerprint density at radius 2 is 1.71 bits per heavy atom. The van der Waals surface area contributed by atoms with Crippen LogP contribution in [0.1, 0.15) is 35.3 Å². The minimum absolute atomic E-state index is 0.0489. The van der Waals surface area contributed by atoms with Crippen molar-refractivity contribution in [1.82, 2.24) is 14.9 Å². The molecule has 0 saturated carbocycles. The first-order valence-electron chi connectivity index (χ1n) is 9.66. The van der Waals surface area contributed by atoms with Crippen molar-refractivity contribution in [3.8, 4) is 0 Å². The number of aromatic nitrogens is 2. The van der Waals surface area contributed by atoms with E-state index in [0.29, 0.717) is 18.1 Å². The molecule has 0 fully saturated rings. The molecule has 0 N–H and O–H groups in total. The lowest BCUT2D eigenvalue weighted by atomic mass is 10.1. The van der Waals surface area contributed by atoms with Crippen LogP contribution in [0.3, 0.4) is 0 Å². The maximum atomic E-state index is 13.1. The third kappa shape index (κ3) is 3.60. The average molecular weight is 372 g/mol. The summed E-state index contributed by atoms with van der Waals surface area (Å²) in [5.41, 5.74) is 4.08. The van der Waals surface area contributed by atoms with Crippen LogP contribution in [0.4, 0.5) is 11.6 Å². The molecule has 0 atom stereocenters. The minimum Gasteiger partial charge on any atom is -0.332 e. The smallest absolute Gasteiger partial charge is 0.257 e. The molecule has 0 saturated heterocycles. The van der Waals surface area contributed by atoms with Gasteiger partial charge in [-0.25, -0.2) is 9.97 Å². The number of amides is 1. The van der Waals surface area contributed by atoms with Gasteiger partial charge in [0, 0.05) is 37.2 Å². The van der Waals surface area contributed by atoms with Crippen LogP contribution in [0.15, 0.2) is 67.0 Å². The topological polar surface area (TPSA) is 49.3 Å². The van der Waals surface area contributed by atoms with Crippen molar-refractivity contribution in [3.63, 3.8) is 0 Å². The first-order valence-corrected chi connectivity index (χ1v) is 9.66. The van der Waals surface area contributed by atoms with Gasteiger partial charge in [0.2, 0.25) is 5.95 Å². The Bertz CT molecular complexity index is 954. The van der Waals surface area contributed by atoms with Crippen molar-refractivity contribution in [3.05, 3.63) is 83.7 Å². The first kappa shape index (κ1) is 18.2. The number of para-hydroxylation sites is 1. The van der Waals surface area contributed by atoms with E-state index < -0.39 is 0 Å². The van der Waals surface area contributed by atoms with Gasteiger partial charge >= 0.3 is 0 Å². The molecule has 0 unspecified atom stereocenters. The van der Waals surface area contributed by atoms with Crippen LogP contribution in [0.5, 0.6) is 0 Å². The molecular weight excluding hydrogens is 348 g/mol. The second-order valence-corrected chi connectivity index (χ2v) is 7.31. The quantitative estimate of drug-likeness (QED) is 0.673. The van der Waals surface area contributed by atoms with E-state index in [2.05, 4.69) is 33.1 Å². The van der Waals surface area contributed by atoms with Gasteiger partial charge in [0.05, 0.1) is 5.56 Å². The number of nitrogens with zero attached hydrogens (tertiary/aromatic N) is 4. The summed E-state index contributed by atoms with van der Waals surface area (Å²) in [5, 5.41) is 0. The standard InChI is InChI=1S/C23H24N4O/c1-17(2)27(16-18-8-4-3-5-9-18)22(28)20-14-24-23(25-15-20)26-13-12-19-10-6-7-11-21(19)26/h3-11,14-15,17H,12-13,16H2,1-2H3. The summed E-state index contributed by atoms with van der Waals surface area (Å²) in [6.07, 6.45) is 4.27. The molecule has 2 aromatic carbocycles. The maximum Gasteiger partial charge on any atom is 0.257 e. The van der Waals surface area contributed by atoms with Gasteiger partial charge in [0.15, 0.2) is 0 Å². The Kier molecular flexibility index (Phi) is 5.06. The van der Waals surface area contributed by atoms with Gasteiger partial charge in [-0.1, -0.05) is 48.5 Å². The zero-order chi connectivity index (χ0) is 19.5. The maximum absolute atomic E-state index is 13.1. The lowest BCUT2D eigenvalue weighted by Gasteiger charge is -2.27. The van der Waals surface area contributed by atoms with E-state index in [4.69, 9.17) is 0 Å². The highest BCUT2D eigenvalue weighted by molar-refractivity contribution is 5.94. The number of fused-ring (bicyclic) bond motifs is 1. The van der Waals surface area contributed by atoms with Crippen molar-refractivity contribution in [2.75, 3.05) is 11.4 Å². The third-order valence-electron chi connectivity index (χ3n) is 5.09. The fraction of sp³-hybridized carbons (Fsp3) is 0.261. The Morgan fingerprint density at radius 1 is 1.04 bits per heavy atom. The van der Waals surface area contributed by atoms with Crippen LogP contribution in [-0.2, 0) is 13.0 Å². The molecule has 3 aromatic rings. The molecule has 0 radical (unpaired) electrons. The summed E-state index contributed by atoms with van der Waals surface area (Å²) in [5.74, 6) is 0.591. The molecule has 0 bridgehead atoms. The number of anilines is 2. The number of hydrogen-bond acceptors (Lipinski definition) is 4. The van der Waals surface area contributed by atoms with E-state index in [9.17, 15) is 4.79 Å². The lowest BCUT2D eigenvalue weighted by molar-refractivity contribution is 0.0689. The van der Waals surface area contributed by atoms with E-state index in [0.717, 1.165) is 24.2 Å². The van der Waals surface area contributed by atoms with Crippen LogP contribution in [0.25, 0.3) is 0 Å². The Hall–Kier alpha value is -3.21. The molecular formula is C23H24N4O. The van der Waals surface area contributed by atoms with Crippen molar-refractivity contribution in [1.29, 1.82) is 0 Å². The van der Waals surface area contributed by atoms with Crippen LogP contribution >= 0.6 is 0 Å². The highest BCUT2D eigenvalue weighted by Gasteiger charge is 2.23. The Labute approximate surface area is 165 Å².